The van der Waals surface area contributed by atoms with Crippen LogP contribution in [0.5, 0.6) is 0 Å². The van der Waals surface area contributed by atoms with Gasteiger partial charge in [0.05, 0.1) is 45.3 Å². The van der Waals surface area contributed by atoms with Crippen LogP contribution in [0.15, 0.2) is 49.3 Å². The van der Waals surface area contributed by atoms with Gasteiger partial charge < -0.3 is 4.98 Å². The Hall–Kier alpha value is -2.91. The maximum atomic E-state index is 13.2. The van der Waals surface area contributed by atoms with Crippen molar-refractivity contribution in [2.45, 2.75) is 24.5 Å². The first-order valence-electron chi connectivity index (χ1n) is 8.68. The topological polar surface area (TPSA) is 113 Å². The van der Waals surface area contributed by atoms with Crippen molar-refractivity contribution in [3.63, 3.8) is 0 Å². The summed E-state index contributed by atoms with van der Waals surface area (Å²) in [5, 5.41) is 8.71. The number of nitrogens with zero attached hydrogens (tertiary/aromatic N) is 2. The number of nitriles is 1. The third-order valence-corrected chi connectivity index (χ3v) is 7.06. The molecule has 0 spiro atoms. The van der Waals surface area contributed by atoms with Gasteiger partial charge in [-0.1, -0.05) is 6.92 Å². The Labute approximate surface area is 181 Å². The Morgan fingerprint density at radius 3 is 2.45 bits per heavy atom. The maximum Gasteiger partial charge on any atom is 0.416 e. The van der Waals surface area contributed by atoms with Gasteiger partial charge in [0.1, 0.15) is 0 Å². The zero-order chi connectivity index (χ0) is 23.1. The quantitative estimate of drug-likeness (QED) is 0.573. The number of fused-ring (bicyclic) bond motifs is 1. The van der Waals surface area contributed by atoms with E-state index in [0.717, 1.165) is 6.07 Å². The first-order chi connectivity index (χ1) is 14.4. The predicted molar refractivity (Wildman–Crippen MR) is 110 cm³/mol. The molecule has 0 amide bonds. The second-order valence-electron chi connectivity index (χ2n) is 6.54. The summed E-state index contributed by atoms with van der Waals surface area (Å²) in [6.45, 7) is 0.852. The molecule has 1 aromatic heterocycles. The summed E-state index contributed by atoms with van der Waals surface area (Å²) in [5.41, 5.74) is -3.10. The minimum atomic E-state index is -4.73. The third-order valence-electron chi connectivity index (χ3n) is 4.60. The number of aromatic nitrogens is 2. The number of H-pyrrole nitrogens is 1. The molecule has 0 atom stereocenters. The molecular weight excluding hydrogens is 503 g/mol. The van der Waals surface area contributed by atoms with Gasteiger partial charge in [-0.25, -0.2) is 13.2 Å². The minimum Gasteiger partial charge on any atom is -0.306 e. The van der Waals surface area contributed by atoms with Crippen LogP contribution in [-0.2, 0) is 22.6 Å². The van der Waals surface area contributed by atoms with E-state index < -0.39 is 44.8 Å². The van der Waals surface area contributed by atoms with Gasteiger partial charge in [-0.3, -0.25) is 9.36 Å². The molecule has 0 unspecified atom stereocenters. The zero-order valence-corrected chi connectivity index (χ0v) is 18.2. The number of aromatic amines is 1. The Morgan fingerprint density at radius 2 is 1.87 bits per heavy atom. The molecule has 12 heteroatoms. The number of sulfone groups is 1. The van der Waals surface area contributed by atoms with Crippen LogP contribution < -0.4 is 11.2 Å². The molecule has 0 bridgehead atoms. The average molecular weight is 516 g/mol. The number of nitrogens with one attached hydrogen (secondary N) is 1. The van der Waals surface area contributed by atoms with Gasteiger partial charge in [0.25, 0.3) is 5.56 Å². The Kier molecular flexibility index (Phi) is 5.86. The van der Waals surface area contributed by atoms with Gasteiger partial charge in [-0.2, -0.15) is 18.4 Å². The Morgan fingerprint density at radius 1 is 1.19 bits per heavy atom. The second-order valence-corrected chi connectivity index (χ2v) is 9.64. The molecule has 162 valence electrons. The second kappa shape index (κ2) is 7.97. The van der Waals surface area contributed by atoms with Crippen LogP contribution in [0.2, 0.25) is 0 Å². The van der Waals surface area contributed by atoms with E-state index >= 15 is 0 Å². The van der Waals surface area contributed by atoms with Crippen LogP contribution >= 0.6 is 15.9 Å². The average Bonchev–Trinajstić information content (AvgIpc) is 2.70. The van der Waals surface area contributed by atoms with Crippen LogP contribution in [0.1, 0.15) is 23.6 Å². The summed E-state index contributed by atoms with van der Waals surface area (Å²) in [4.78, 5) is 27.6. The molecule has 0 aliphatic carbocycles. The lowest BCUT2D eigenvalue weighted by atomic mass is 10.1. The smallest absolute Gasteiger partial charge is 0.306 e. The van der Waals surface area contributed by atoms with Crippen molar-refractivity contribution in [1.29, 1.82) is 5.26 Å². The molecule has 0 aliphatic rings. The van der Waals surface area contributed by atoms with Gasteiger partial charge in [0, 0.05) is 4.47 Å². The molecule has 31 heavy (non-hydrogen) atoms. The van der Waals surface area contributed by atoms with Crippen molar-refractivity contribution in [1.82, 2.24) is 9.55 Å². The molecule has 1 N–H and O–H groups in total. The normalized spacial score (nSPS) is 12.1. The molecular formula is C19H13BrF3N3O4S. The summed E-state index contributed by atoms with van der Waals surface area (Å²) in [6, 6.07) is 6.90. The van der Waals surface area contributed by atoms with Crippen LogP contribution in [0.3, 0.4) is 0 Å². The number of halogens is 4. The van der Waals surface area contributed by atoms with Crippen molar-refractivity contribution in [2.24, 2.45) is 0 Å². The Bertz CT molecular complexity index is 1470. The summed E-state index contributed by atoms with van der Waals surface area (Å²) in [7, 11) is -3.77. The van der Waals surface area contributed by atoms with Gasteiger partial charge in [-0.05, 0) is 51.8 Å². The number of benzene rings is 2. The van der Waals surface area contributed by atoms with Crippen molar-refractivity contribution >= 4 is 36.7 Å². The van der Waals surface area contributed by atoms with Gasteiger partial charge in [-0.15, -0.1) is 0 Å². The summed E-state index contributed by atoms with van der Waals surface area (Å²) in [6.07, 6.45) is -4.73. The molecule has 2 aromatic carbocycles. The summed E-state index contributed by atoms with van der Waals surface area (Å²) < 4.78 is 64.8. The Balaban J connectivity index is 2.30. The molecule has 0 fully saturated rings. The molecule has 0 saturated heterocycles. The van der Waals surface area contributed by atoms with Crippen molar-refractivity contribution < 1.29 is 21.6 Å². The standard InChI is InChI=1S/C19H13BrF3N3O4S/c1-2-31(29,30)15-4-3-10(8-24)5-11(15)9-26-17(27)13-6-12(19(21,22)23)7-14(20)16(13)25-18(26)28/h3-7H,2,9H2,1H3,(H,25,28). The van der Waals surface area contributed by atoms with Crippen molar-refractivity contribution in [2.75, 3.05) is 5.75 Å². The highest BCUT2D eigenvalue weighted by atomic mass is 79.9. The van der Waals surface area contributed by atoms with E-state index in [9.17, 15) is 31.2 Å². The van der Waals surface area contributed by atoms with Crippen LogP contribution in [-0.4, -0.2) is 23.7 Å². The lowest BCUT2D eigenvalue weighted by molar-refractivity contribution is -0.137. The van der Waals surface area contributed by atoms with Crippen LogP contribution in [0.25, 0.3) is 10.9 Å². The highest BCUT2D eigenvalue weighted by molar-refractivity contribution is 9.10. The molecule has 0 aliphatic heterocycles. The van der Waals surface area contributed by atoms with Crippen molar-refractivity contribution in [3.05, 3.63) is 72.3 Å². The summed E-state index contributed by atoms with van der Waals surface area (Å²) in [5.74, 6) is -0.267. The van der Waals surface area contributed by atoms with Crippen LogP contribution in [0.4, 0.5) is 13.2 Å². The van der Waals surface area contributed by atoms with Crippen LogP contribution in [0, 0.1) is 11.3 Å². The molecule has 1 heterocycles. The number of hydrogen-bond acceptors (Lipinski definition) is 5. The van der Waals surface area contributed by atoms with E-state index in [-0.39, 0.29) is 31.8 Å². The molecule has 7 nitrogen and oxygen atoms in total. The number of alkyl halides is 3. The van der Waals surface area contributed by atoms with E-state index in [1.165, 1.54) is 25.1 Å². The van der Waals surface area contributed by atoms with E-state index in [0.29, 0.717) is 10.6 Å². The SMILES string of the molecule is CCS(=O)(=O)c1ccc(C#N)cc1Cn1c(=O)[nH]c2c(Br)cc(C(F)(F)F)cc2c1=O. The first-order valence-corrected chi connectivity index (χ1v) is 11.1. The molecule has 3 aromatic rings. The van der Waals surface area contributed by atoms with Gasteiger partial charge in [0.15, 0.2) is 9.84 Å². The number of hydrogen-bond donors (Lipinski definition) is 1. The summed E-state index contributed by atoms with van der Waals surface area (Å²) >= 11 is 2.93. The fourth-order valence-electron chi connectivity index (χ4n) is 3.02. The molecule has 0 radical (unpaired) electrons. The monoisotopic (exact) mass is 515 g/mol. The lowest BCUT2D eigenvalue weighted by Gasteiger charge is -2.13. The fraction of sp³-hybridized carbons (Fsp3) is 0.211. The zero-order valence-electron chi connectivity index (χ0n) is 15.7. The van der Waals surface area contributed by atoms with E-state index in [4.69, 9.17) is 5.26 Å². The van der Waals surface area contributed by atoms with Gasteiger partial charge >= 0.3 is 11.9 Å². The number of rotatable bonds is 4. The third kappa shape index (κ3) is 4.28. The predicted octanol–water partition coefficient (Wildman–Crippen LogP) is 3.18. The highest BCUT2D eigenvalue weighted by Gasteiger charge is 2.32. The fourth-order valence-corrected chi connectivity index (χ4v) is 4.69. The van der Waals surface area contributed by atoms with E-state index in [2.05, 4.69) is 20.9 Å². The van der Waals surface area contributed by atoms with E-state index in [1.807, 2.05) is 6.07 Å². The van der Waals surface area contributed by atoms with Crippen molar-refractivity contribution in [3.8, 4) is 6.07 Å². The van der Waals surface area contributed by atoms with E-state index in [1.54, 1.807) is 0 Å². The highest BCUT2D eigenvalue weighted by Crippen LogP contribution is 2.33. The lowest BCUT2D eigenvalue weighted by Crippen LogP contribution is -2.36. The molecule has 3 rings (SSSR count). The first kappa shape index (κ1) is 22.8. The van der Waals surface area contributed by atoms with Gasteiger partial charge in [0.2, 0.25) is 0 Å². The maximum absolute atomic E-state index is 13.2. The largest absolute Gasteiger partial charge is 0.416 e. The minimum absolute atomic E-state index is 0.00103. The molecule has 0 saturated carbocycles.